The number of imidazole rings is 1. The second-order valence-corrected chi connectivity index (χ2v) is 8.79. The first-order valence-electron chi connectivity index (χ1n) is 8.06. The predicted octanol–water partition coefficient (Wildman–Crippen LogP) is 2.68. The van der Waals surface area contributed by atoms with Crippen molar-refractivity contribution < 1.29 is 13.2 Å². The van der Waals surface area contributed by atoms with Gasteiger partial charge in [-0.05, 0) is 41.7 Å². The Morgan fingerprint density at radius 3 is 2.58 bits per heavy atom. The van der Waals surface area contributed by atoms with Crippen LogP contribution in [0.15, 0.2) is 41.6 Å². The fourth-order valence-corrected chi connectivity index (χ4v) is 3.77. The maximum atomic E-state index is 12.7. The second-order valence-electron chi connectivity index (χ2n) is 7.14. The summed E-state index contributed by atoms with van der Waals surface area (Å²) in [4.78, 5) is 23.4. The number of aromatic nitrogens is 3. The number of aryl methyl sites for hydroxylation is 1. The second kappa shape index (κ2) is 6.21. The highest BCUT2D eigenvalue weighted by Crippen LogP contribution is 2.26. The molecule has 0 fully saturated rings. The number of aromatic amines is 1. The van der Waals surface area contributed by atoms with E-state index in [0.717, 1.165) is 5.56 Å². The first kappa shape index (κ1) is 18.1. The Morgan fingerprint density at radius 1 is 1.15 bits per heavy atom. The third-order valence-electron chi connectivity index (χ3n) is 4.09. The molecule has 8 heteroatoms. The van der Waals surface area contributed by atoms with E-state index >= 15 is 0 Å². The van der Waals surface area contributed by atoms with E-state index in [-0.39, 0.29) is 16.0 Å². The van der Waals surface area contributed by atoms with Crippen molar-refractivity contribution in [2.24, 2.45) is 0 Å². The molecule has 0 saturated carbocycles. The Bertz CT molecular complexity index is 1100. The number of fused-ring (bicyclic) bond motifs is 1. The Labute approximate surface area is 151 Å². The minimum Gasteiger partial charge on any atom is -0.343 e. The number of nitrogens with one attached hydrogen (secondary N) is 2. The van der Waals surface area contributed by atoms with Crippen LogP contribution in [0.25, 0.3) is 11.2 Å². The molecule has 0 aliphatic heterocycles. The van der Waals surface area contributed by atoms with Crippen LogP contribution in [0.1, 0.15) is 42.4 Å². The first-order valence-corrected chi connectivity index (χ1v) is 9.55. The zero-order valence-electron chi connectivity index (χ0n) is 15.0. The van der Waals surface area contributed by atoms with E-state index in [4.69, 9.17) is 0 Å². The first-order chi connectivity index (χ1) is 12.1. The average molecular weight is 372 g/mol. The highest BCUT2D eigenvalue weighted by atomic mass is 32.2. The van der Waals surface area contributed by atoms with Crippen LogP contribution in [-0.4, -0.2) is 29.3 Å². The molecule has 0 bridgehead atoms. The maximum absolute atomic E-state index is 12.7. The molecular formula is C18H20N4O3S. The molecule has 0 unspecified atom stereocenters. The number of sulfonamides is 1. The number of benzene rings is 1. The summed E-state index contributed by atoms with van der Waals surface area (Å²) in [5.74, 6) is -0.796. The molecule has 3 rings (SSSR count). The third-order valence-corrected chi connectivity index (χ3v) is 5.56. The lowest BCUT2D eigenvalue weighted by Crippen LogP contribution is -2.32. The number of nitrogens with zero attached hydrogens (tertiary/aromatic N) is 2. The topological polar surface area (TPSA) is 105 Å². The van der Waals surface area contributed by atoms with E-state index in [1.807, 2.05) is 26.8 Å². The number of rotatable bonds is 3. The predicted molar refractivity (Wildman–Crippen MR) is 98.4 cm³/mol. The molecule has 1 amide bonds. The number of H-pyrrole nitrogens is 1. The summed E-state index contributed by atoms with van der Waals surface area (Å²) in [6.07, 6.45) is 1.46. The van der Waals surface area contributed by atoms with E-state index in [2.05, 4.69) is 19.7 Å². The van der Waals surface area contributed by atoms with E-state index in [1.165, 1.54) is 12.4 Å². The van der Waals surface area contributed by atoms with Gasteiger partial charge in [-0.15, -0.1) is 0 Å². The number of pyridine rings is 1. The summed E-state index contributed by atoms with van der Waals surface area (Å²) >= 11 is 0. The summed E-state index contributed by atoms with van der Waals surface area (Å²) in [7, 11) is -4.03. The molecule has 3 aromatic rings. The van der Waals surface area contributed by atoms with Gasteiger partial charge in [-0.3, -0.25) is 4.79 Å². The van der Waals surface area contributed by atoms with Gasteiger partial charge < -0.3 is 4.98 Å². The van der Waals surface area contributed by atoms with Crippen molar-refractivity contribution >= 4 is 27.1 Å². The van der Waals surface area contributed by atoms with Gasteiger partial charge >= 0.3 is 0 Å². The molecule has 0 spiro atoms. The molecule has 2 aromatic heterocycles. The number of hydrogen-bond donors (Lipinski definition) is 2. The van der Waals surface area contributed by atoms with Crippen LogP contribution < -0.4 is 4.72 Å². The van der Waals surface area contributed by atoms with E-state index in [9.17, 15) is 13.2 Å². The van der Waals surface area contributed by atoms with Crippen LogP contribution in [0.4, 0.5) is 0 Å². The van der Waals surface area contributed by atoms with E-state index in [1.54, 1.807) is 25.1 Å². The van der Waals surface area contributed by atoms with E-state index in [0.29, 0.717) is 16.7 Å². The van der Waals surface area contributed by atoms with Gasteiger partial charge in [-0.25, -0.2) is 23.1 Å². The summed E-state index contributed by atoms with van der Waals surface area (Å²) in [5, 5.41) is 0. The third kappa shape index (κ3) is 3.45. The van der Waals surface area contributed by atoms with E-state index < -0.39 is 15.9 Å². The zero-order chi connectivity index (χ0) is 19.1. The Hall–Kier alpha value is -2.74. The van der Waals surface area contributed by atoms with Crippen molar-refractivity contribution in [1.29, 1.82) is 0 Å². The zero-order valence-corrected chi connectivity index (χ0v) is 15.8. The number of amides is 1. The van der Waals surface area contributed by atoms with Gasteiger partial charge in [0.25, 0.3) is 15.9 Å². The van der Waals surface area contributed by atoms with Crippen LogP contribution in [-0.2, 0) is 15.4 Å². The molecule has 7 nitrogen and oxygen atoms in total. The lowest BCUT2D eigenvalue weighted by atomic mass is 9.87. The molecule has 2 N–H and O–H groups in total. The molecule has 2 heterocycles. The minimum absolute atomic E-state index is 0.0159. The monoisotopic (exact) mass is 372 g/mol. The average Bonchev–Trinajstić information content (AvgIpc) is 3.01. The summed E-state index contributed by atoms with van der Waals surface area (Å²) < 4.78 is 27.6. The maximum Gasteiger partial charge on any atom is 0.283 e. The van der Waals surface area contributed by atoms with Crippen molar-refractivity contribution in [1.82, 2.24) is 19.7 Å². The molecule has 0 aliphatic rings. The summed E-state index contributed by atoms with van der Waals surface area (Å²) in [5.41, 5.74) is 2.21. The van der Waals surface area contributed by atoms with Crippen molar-refractivity contribution in [3.05, 3.63) is 53.5 Å². The molecule has 0 radical (unpaired) electrons. The molecule has 26 heavy (non-hydrogen) atoms. The quantitative estimate of drug-likeness (QED) is 0.735. The van der Waals surface area contributed by atoms with Crippen LogP contribution in [0.2, 0.25) is 0 Å². The van der Waals surface area contributed by atoms with Crippen molar-refractivity contribution in [3.8, 4) is 0 Å². The van der Waals surface area contributed by atoms with Crippen molar-refractivity contribution in [2.75, 3.05) is 0 Å². The summed E-state index contributed by atoms with van der Waals surface area (Å²) in [6, 6.07) is 8.32. The largest absolute Gasteiger partial charge is 0.343 e. The highest BCUT2D eigenvalue weighted by molar-refractivity contribution is 7.90. The normalized spacial score (nSPS) is 12.3. The van der Waals surface area contributed by atoms with Crippen molar-refractivity contribution in [3.63, 3.8) is 0 Å². The van der Waals surface area contributed by atoms with Gasteiger partial charge in [0, 0.05) is 0 Å². The fourth-order valence-electron chi connectivity index (χ4n) is 2.53. The molecular weight excluding hydrogens is 352 g/mol. The molecule has 136 valence electrons. The number of carbonyl (C=O) groups is 1. The van der Waals surface area contributed by atoms with Gasteiger partial charge in [0.05, 0.1) is 16.7 Å². The van der Waals surface area contributed by atoms with Crippen molar-refractivity contribution in [2.45, 2.75) is 38.0 Å². The standard InChI is InChI=1S/C18H20N4O3S/c1-11-5-6-12(18(2,3)4)9-15(11)26(24,25)22-17(23)14-8-7-13-16(21-14)20-10-19-13/h5-10H,1-4H3,(H,22,23)(H,19,20,21). The molecule has 1 aromatic carbocycles. The van der Waals surface area contributed by atoms with Gasteiger partial charge in [0.1, 0.15) is 5.69 Å². The molecule has 0 atom stereocenters. The number of carbonyl (C=O) groups excluding carboxylic acids is 1. The highest BCUT2D eigenvalue weighted by Gasteiger charge is 2.24. The SMILES string of the molecule is Cc1ccc(C(C)(C)C)cc1S(=O)(=O)NC(=O)c1ccc2[nH]cnc2n1. The van der Waals surface area contributed by atoms with Crippen LogP contribution in [0.3, 0.4) is 0 Å². The van der Waals surface area contributed by atoms with Gasteiger partial charge in [0.2, 0.25) is 0 Å². The van der Waals surface area contributed by atoms with Gasteiger partial charge in [-0.2, -0.15) is 0 Å². The Balaban J connectivity index is 1.94. The number of hydrogen-bond acceptors (Lipinski definition) is 5. The summed E-state index contributed by atoms with van der Waals surface area (Å²) in [6.45, 7) is 7.68. The Morgan fingerprint density at radius 2 is 1.88 bits per heavy atom. The Kier molecular flexibility index (Phi) is 4.31. The fraction of sp³-hybridized carbons (Fsp3) is 0.278. The van der Waals surface area contributed by atoms with Crippen LogP contribution in [0.5, 0.6) is 0 Å². The lowest BCUT2D eigenvalue weighted by Gasteiger charge is -2.20. The molecule has 0 saturated heterocycles. The van der Waals surface area contributed by atoms with Crippen LogP contribution in [0, 0.1) is 6.92 Å². The minimum atomic E-state index is -4.03. The van der Waals surface area contributed by atoms with Crippen LogP contribution >= 0.6 is 0 Å². The van der Waals surface area contributed by atoms with Gasteiger partial charge in [-0.1, -0.05) is 32.9 Å². The smallest absolute Gasteiger partial charge is 0.283 e. The lowest BCUT2D eigenvalue weighted by molar-refractivity contribution is 0.0977. The molecule has 0 aliphatic carbocycles. The van der Waals surface area contributed by atoms with Gasteiger partial charge in [0.15, 0.2) is 5.65 Å².